The second-order valence-corrected chi connectivity index (χ2v) is 10.8. The van der Waals surface area contributed by atoms with E-state index in [9.17, 15) is 9.90 Å². The zero-order chi connectivity index (χ0) is 23.2. The van der Waals surface area contributed by atoms with Crippen molar-refractivity contribution < 1.29 is 5.11 Å². The average Bonchev–Trinajstić information content (AvgIpc) is 2.77. The lowest BCUT2D eigenvalue weighted by atomic mass is 9.55. The molecule has 6 heteroatoms. The van der Waals surface area contributed by atoms with Crippen LogP contribution in [0.5, 0.6) is 5.75 Å². The third kappa shape index (κ3) is 4.26. The number of fused-ring (bicyclic) bond motifs is 2. The van der Waals surface area contributed by atoms with Crippen LogP contribution in [0.25, 0.3) is 22.4 Å². The minimum Gasteiger partial charge on any atom is -0.507 e. The Labute approximate surface area is 194 Å². The van der Waals surface area contributed by atoms with Crippen molar-refractivity contribution in [2.24, 2.45) is 10.8 Å². The normalized spacial score (nSPS) is 26.7. The summed E-state index contributed by atoms with van der Waals surface area (Å²) in [5.74, 6) is 0.986. The molecule has 2 aliphatic carbocycles. The first-order chi connectivity index (χ1) is 15.7. The van der Waals surface area contributed by atoms with Crippen LogP contribution in [0.4, 0.5) is 5.82 Å². The number of aromatic nitrogens is 3. The maximum absolute atomic E-state index is 11.6. The number of phenols is 1. The quantitative estimate of drug-likeness (QED) is 0.564. The Bertz CT molecular complexity index is 1200. The smallest absolute Gasteiger partial charge is 0.248 e. The SMILES string of the molecule is CN(c1ccc(-c2ccc(-c3cc[nH]c(=O)c3)cc2O)nn1)C1C[C@]2(C)CCC[C@](C)(C1)C2. The third-order valence-corrected chi connectivity index (χ3v) is 7.81. The number of rotatable bonds is 4. The van der Waals surface area contributed by atoms with Crippen LogP contribution < -0.4 is 10.5 Å². The molecule has 5 rings (SSSR count). The molecule has 1 unspecified atom stereocenters. The van der Waals surface area contributed by atoms with Crippen molar-refractivity contribution in [1.29, 1.82) is 0 Å². The summed E-state index contributed by atoms with van der Waals surface area (Å²) in [5.41, 5.74) is 3.45. The van der Waals surface area contributed by atoms with Gasteiger partial charge in [-0.3, -0.25) is 4.79 Å². The Morgan fingerprint density at radius 2 is 1.73 bits per heavy atom. The minimum atomic E-state index is -0.175. The molecule has 0 amide bonds. The number of pyridine rings is 1. The summed E-state index contributed by atoms with van der Waals surface area (Å²) < 4.78 is 0. The summed E-state index contributed by atoms with van der Waals surface area (Å²) in [6, 6.07) is 13.1. The molecule has 1 aromatic carbocycles. The molecule has 172 valence electrons. The first-order valence-electron chi connectivity index (χ1n) is 11.8. The van der Waals surface area contributed by atoms with Gasteiger partial charge in [-0.25, -0.2) is 0 Å². The molecule has 0 aliphatic heterocycles. The first kappa shape index (κ1) is 21.7. The van der Waals surface area contributed by atoms with Crippen molar-refractivity contribution in [3.8, 4) is 28.1 Å². The van der Waals surface area contributed by atoms with Gasteiger partial charge in [-0.15, -0.1) is 10.2 Å². The van der Waals surface area contributed by atoms with Crippen LogP contribution in [-0.4, -0.2) is 33.4 Å². The number of nitrogens with zero attached hydrogens (tertiary/aromatic N) is 3. The number of aromatic amines is 1. The highest BCUT2D eigenvalue weighted by Gasteiger charge is 2.47. The zero-order valence-corrected chi connectivity index (χ0v) is 19.6. The van der Waals surface area contributed by atoms with Gasteiger partial charge in [0, 0.05) is 30.9 Å². The van der Waals surface area contributed by atoms with E-state index in [2.05, 4.69) is 41.0 Å². The van der Waals surface area contributed by atoms with Crippen molar-refractivity contribution in [2.45, 2.75) is 58.4 Å². The molecule has 2 fully saturated rings. The van der Waals surface area contributed by atoms with Gasteiger partial charge in [-0.1, -0.05) is 26.3 Å². The van der Waals surface area contributed by atoms with E-state index in [1.807, 2.05) is 24.3 Å². The van der Waals surface area contributed by atoms with Crippen LogP contribution in [0.15, 0.2) is 53.5 Å². The van der Waals surface area contributed by atoms with E-state index in [4.69, 9.17) is 0 Å². The largest absolute Gasteiger partial charge is 0.507 e. The summed E-state index contributed by atoms with van der Waals surface area (Å²) in [6.07, 6.45) is 9.33. The fraction of sp³-hybridized carbons (Fsp3) is 0.444. The van der Waals surface area contributed by atoms with Crippen LogP contribution in [-0.2, 0) is 0 Å². The fourth-order valence-electron chi connectivity index (χ4n) is 6.38. The van der Waals surface area contributed by atoms with Crippen molar-refractivity contribution >= 4 is 5.82 Å². The summed E-state index contributed by atoms with van der Waals surface area (Å²) in [7, 11) is 2.13. The van der Waals surface area contributed by atoms with Crippen LogP contribution >= 0.6 is 0 Å². The van der Waals surface area contributed by atoms with E-state index in [1.165, 1.54) is 44.6 Å². The number of benzene rings is 1. The molecule has 0 spiro atoms. The van der Waals surface area contributed by atoms with Crippen LogP contribution in [0, 0.1) is 10.8 Å². The molecule has 2 aliphatic rings. The number of nitrogens with one attached hydrogen (secondary N) is 1. The first-order valence-corrected chi connectivity index (χ1v) is 11.8. The maximum Gasteiger partial charge on any atom is 0.248 e. The molecule has 2 bridgehead atoms. The van der Waals surface area contributed by atoms with Gasteiger partial charge in [0.2, 0.25) is 5.56 Å². The zero-order valence-electron chi connectivity index (χ0n) is 19.6. The monoisotopic (exact) mass is 444 g/mol. The number of aromatic hydroxyl groups is 1. The molecular formula is C27H32N4O2. The van der Waals surface area contributed by atoms with Crippen molar-refractivity contribution in [3.05, 3.63) is 59.0 Å². The molecule has 0 saturated heterocycles. The van der Waals surface area contributed by atoms with Gasteiger partial charge in [0.25, 0.3) is 0 Å². The van der Waals surface area contributed by atoms with Gasteiger partial charge in [0.05, 0.1) is 5.69 Å². The minimum absolute atomic E-state index is 0.115. The Morgan fingerprint density at radius 1 is 1.00 bits per heavy atom. The van der Waals surface area contributed by atoms with E-state index >= 15 is 0 Å². The van der Waals surface area contributed by atoms with Gasteiger partial charge in [-0.05, 0) is 84.4 Å². The van der Waals surface area contributed by atoms with Gasteiger partial charge in [-0.2, -0.15) is 0 Å². The molecular weight excluding hydrogens is 412 g/mol. The number of hydrogen-bond acceptors (Lipinski definition) is 5. The lowest BCUT2D eigenvalue weighted by Crippen LogP contribution is -2.49. The lowest BCUT2D eigenvalue weighted by Gasteiger charge is -2.54. The van der Waals surface area contributed by atoms with Crippen molar-refractivity contribution in [2.75, 3.05) is 11.9 Å². The van der Waals surface area contributed by atoms with E-state index in [0.717, 1.165) is 16.9 Å². The van der Waals surface area contributed by atoms with Crippen LogP contribution in [0.1, 0.15) is 52.4 Å². The maximum atomic E-state index is 11.6. The number of phenolic OH excluding ortho intramolecular Hbond substituents is 1. The lowest BCUT2D eigenvalue weighted by molar-refractivity contribution is 0.0141. The second-order valence-electron chi connectivity index (χ2n) is 10.8. The predicted octanol–water partition coefficient (Wildman–Crippen LogP) is 5.39. The molecule has 2 saturated carbocycles. The highest BCUT2D eigenvalue weighted by atomic mass is 16.3. The fourth-order valence-corrected chi connectivity index (χ4v) is 6.38. The Morgan fingerprint density at radius 3 is 2.36 bits per heavy atom. The van der Waals surface area contributed by atoms with E-state index in [-0.39, 0.29) is 11.3 Å². The van der Waals surface area contributed by atoms with E-state index in [1.54, 1.807) is 18.3 Å². The van der Waals surface area contributed by atoms with Crippen LogP contribution in [0.3, 0.4) is 0 Å². The summed E-state index contributed by atoms with van der Waals surface area (Å²) in [6.45, 7) is 4.91. The van der Waals surface area contributed by atoms with Gasteiger partial charge in [0.15, 0.2) is 5.82 Å². The van der Waals surface area contributed by atoms with Crippen molar-refractivity contribution in [3.63, 3.8) is 0 Å². The Hall–Kier alpha value is -3.15. The van der Waals surface area contributed by atoms with Gasteiger partial charge < -0.3 is 15.0 Å². The second kappa shape index (κ2) is 8.01. The van der Waals surface area contributed by atoms with Crippen molar-refractivity contribution in [1.82, 2.24) is 15.2 Å². The van der Waals surface area contributed by atoms with Gasteiger partial charge in [0.1, 0.15) is 5.75 Å². The van der Waals surface area contributed by atoms with Crippen LogP contribution in [0.2, 0.25) is 0 Å². The topological polar surface area (TPSA) is 82.1 Å². The highest BCUT2D eigenvalue weighted by molar-refractivity contribution is 5.74. The molecule has 33 heavy (non-hydrogen) atoms. The highest BCUT2D eigenvalue weighted by Crippen LogP contribution is 2.56. The summed E-state index contributed by atoms with van der Waals surface area (Å²) in [4.78, 5) is 16.5. The number of anilines is 1. The molecule has 2 aromatic heterocycles. The summed E-state index contributed by atoms with van der Waals surface area (Å²) in [5, 5.41) is 19.6. The molecule has 0 radical (unpaired) electrons. The molecule has 2 N–H and O–H groups in total. The van der Waals surface area contributed by atoms with E-state index < -0.39 is 0 Å². The predicted molar refractivity (Wildman–Crippen MR) is 131 cm³/mol. The molecule has 6 nitrogen and oxygen atoms in total. The average molecular weight is 445 g/mol. The van der Waals surface area contributed by atoms with E-state index in [0.29, 0.717) is 28.1 Å². The Balaban J connectivity index is 1.36. The molecule has 3 atom stereocenters. The summed E-state index contributed by atoms with van der Waals surface area (Å²) >= 11 is 0. The standard InChI is InChI=1S/C27H32N4O2/c1-26-10-4-11-27(2,17-26)16-20(15-26)31(3)24-8-7-22(29-30-24)21-6-5-18(13-23(21)32)19-9-12-28-25(33)14-19/h5-9,12-14,20,32H,4,10-11,15-17H2,1-3H3,(H,28,33)/t20?,26-,27+. The number of hydrogen-bond donors (Lipinski definition) is 2. The number of H-pyrrole nitrogens is 1. The van der Waals surface area contributed by atoms with Gasteiger partial charge >= 0.3 is 0 Å². The molecule has 3 aromatic rings. The Kier molecular flexibility index (Phi) is 5.26. The molecule has 2 heterocycles. The third-order valence-electron chi connectivity index (χ3n) is 7.81.